The van der Waals surface area contributed by atoms with E-state index in [1.165, 1.54) is 0 Å². The molecule has 1 heterocycles. The van der Waals surface area contributed by atoms with Gasteiger partial charge in [0.2, 0.25) is 0 Å². The molecule has 1 aliphatic rings. The summed E-state index contributed by atoms with van der Waals surface area (Å²) in [5.41, 5.74) is 3.26. The molecule has 30 heavy (non-hydrogen) atoms. The zero-order valence-corrected chi connectivity index (χ0v) is 16.0. The highest BCUT2D eigenvalue weighted by molar-refractivity contribution is 6.21. The molecular formula is C24H18N2O4. The van der Waals surface area contributed by atoms with Crippen molar-refractivity contribution < 1.29 is 19.4 Å². The Morgan fingerprint density at radius 2 is 1.40 bits per heavy atom. The quantitative estimate of drug-likeness (QED) is 0.644. The molecule has 0 saturated carbocycles. The van der Waals surface area contributed by atoms with Gasteiger partial charge in [0, 0.05) is 0 Å². The molecule has 1 aliphatic heterocycles. The maximum absolute atomic E-state index is 12.4. The van der Waals surface area contributed by atoms with Gasteiger partial charge >= 0.3 is 0 Å². The van der Waals surface area contributed by atoms with Gasteiger partial charge in [-0.15, -0.1) is 0 Å². The van der Waals surface area contributed by atoms with Gasteiger partial charge in [-0.25, -0.2) is 0 Å². The van der Waals surface area contributed by atoms with Crippen LogP contribution in [0.2, 0.25) is 0 Å². The number of benzene rings is 3. The van der Waals surface area contributed by atoms with Crippen molar-refractivity contribution in [3.8, 4) is 22.9 Å². The Balaban J connectivity index is 1.34. The fraction of sp³-hybridized carbons (Fsp3) is 0.125. The Bertz CT molecular complexity index is 1100. The van der Waals surface area contributed by atoms with Crippen LogP contribution in [-0.4, -0.2) is 41.1 Å². The Hall–Kier alpha value is -3.95. The van der Waals surface area contributed by atoms with Crippen LogP contribution in [0.5, 0.6) is 5.75 Å². The smallest absolute Gasteiger partial charge is 0.261 e. The van der Waals surface area contributed by atoms with Crippen LogP contribution in [0.25, 0.3) is 11.1 Å². The minimum absolute atomic E-state index is 0.0520. The molecule has 0 saturated heterocycles. The van der Waals surface area contributed by atoms with Gasteiger partial charge in [-0.3, -0.25) is 14.5 Å². The highest BCUT2D eigenvalue weighted by atomic mass is 16.5. The molecule has 0 spiro atoms. The molecule has 148 valence electrons. The number of imide groups is 1. The predicted molar refractivity (Wildman–Crippen MR) is 110 cm³/mol. The second-order valence-corrected chi connectivity index (χ2v) is 6.94. The second kappa shape index (κ2) is 8.19. The Kier molecular flexibility index (Phi) is 5.29. The van der Waals surface area contributed by atoms with E-state index in [0.717, 1.165) is 16.0 Å². The molecule has 4 rings (SSSR count). The Labute approximate surface area is 173 Å². The lowest BCUT2D eigenvalue weighted by Gasteiger charge is -2.19. The molecule has 1 N–H and O–H groups in total. The van der Waals surface area contributed by atoms with Crippen LogP contribution < -0.4 is 4.74 Å². The molecule has 2 amide bonds. The van der Waals surface area contributed by atoms with Crippen LogP contribution in [0.4, 0.5) is 0 Å². The number of amides is 2. The van der Waals surface area contributed by atoms with E-state index >= 15 is 0 Å². The number of carbonyl (C=O) groups excluding carboxylic acids is 2. The highest BCUT2D eigenvalue weighted by Gasteiger charge is 2.36. The maximum Gasteiger partial charge on any atom is 0.261 e. The van der Waals surface area contributed by atoms with E-state index in [0.29, 0.717) is 22.4 Å². The lowest BCUT2D eigenvalue weighted by Crippen LogP contribution is -2.39. The third-order valence-corrected chi connectivity index (χ3v) is 4.92. The van der Waals surface area contributed by atoms with Crippen molar-refractivity contribution in [3.63, 3.8) is 0 Å². The average molecular weight is 398 g/mol. The second-order valence-electron chi connectivity index (χ2n) is 6.94. The predicted octanol–water partition coefficient (Wildman–Crippen LogP) is 3.26. The number of hydrogen-bond acceptors (Lipinski definition) is 5. The number of fused-ring (bicyclic) bond motifs is 1. The summed E-state index contributed by atoms with van der Waals surface area (Å²) in [5.74, 6) is -0.239. The van der Waals surface area contributed by atoms with Crippen molar-refractivity contribution in [1.29, 1.82) is 5.26 Å². The van der Waals surface area contributed by atoms with Crippen molar-refractivity contribution in [2.45, 2.75) is 6.10 Å². The minimum atomic E-state index is -1.01. The summed E-state index contributed by atoms with van der Waals surface area (Å²) in [4.78, 5) is 25.8. The summed E-state index contributed by atoms with van der Waals surface area (Å²) < 4.78 is 5.61. The number of nitrogens with zero attached hydrogens (tertiary/aromatic N) is 2. The van der Waals surface area contributed by atoms with Crippen molar-refractivity contribution in [3.05, 3.63) is 89.5 Å². The molecule has 6 heteroatoms. The maximum atomic E-state index is 12.4. The van der Waals surface area contributed by atoms with Crippen LogP contribution in [0.15, 0.2) is 72.8 Å². The van der Waals surface area contributed by atoms with E-state index in [1.807, 2.05) is 24.3 Å². The molecule has 3 aromatic carbocycles. The molecule has 0 bridgehead atoms. The zero-order chi connectivity index (χ0) is 21.1. The van der Waals surface area contributed by atoms with Crippen molar-refractivity contribution in [1.82, 2.24) is 4.90 Å². The third kappa shape index (κ3) is 3.79. The largest absolute Gasteiger partial charge is 0.491 e. The lowest BCUT2D eigenvalue weighted by molar-refractivity contribution is 0.0457. The van der Waals surface area contributed by atoms with Crippen LogP contribution >= 0.6 is 0 Å². The standard InChI is InChI=1S/C24H18N2O4/c25-13-16-5-7-17(8-6-16)18-9-11-20(12-10-18)30-15-19(27)14-26-23(28)21-3-1-2-4-22(21)24(26)29/h1-12,19,27H,14-15H2. The number of ether oxygens (including phenoxy) is 1. The van der Waals surface area contributed by atoms with Gasteiger partial charge in [-0.05, 0) is 47.5 Å². The molecule has 6 nitrogen and oxygen atoms in total. The van der Waals surface area contributed by atoms with Gasteiger partial charge in [-0.1, -0.05) is 36.4 Å². The fourth-order valence-corrected chi connectivity index (χ4v) is 3.34. The van der Waals surface area contributed by atoms with Crippen LogP contribution in [-0.2, 0) is 0 Å². The van der Waals surface area contributed by atoms with Gasteiger partial charge in [0.15, 0.2) is 0 Å². The first-order chi connectivity index (χ1) is 14.6. The topological polar surface area (TPSA) is 90.6 Å². The van der Waals surface area contributed by atoms with E-state index in [4.69, 9.17) is 10.00 Å². The normalized spacial score (nSPS) is 13.7. The number of β-amino-alcohol motifs (C(OH)–C–C–N with tert-alkyl or cyclic N) is 1. The van der Waals surface area contributed by atoms with Gasteiger partial charge in [0.05, 0.1) is 29.3 Å². The van der Waals surface area contributed by atoms with E-state index in [-0.39, 0.29) is 13.2 Å². The van der Waals surface area contributed by atoms with E-state index in [2.05, 4.69) is 6.07 Å². The van der Waals surface area contributed by atoms with Gasteiger partial charge in [0.25, 0.3) is 11.8 Å². The summed E-state index contributed by atoms with van der Waals surface area (Å²) in [6.07, 6.45) is -1.01. The summed E-state index contributed by atoms with van der Waals surface area (Å²) in [6.45, 7) is -0.181. The SMILES string of the molecule is N#Cc1ccc(-c2ccc(OCC(O)CN3C(=O)c4ccccc4C3=O)cc2)cc1. The summed E-state index contributed by atoms with van der Waals surface area (Å²) in [5, 5.41) is 19.1. The number of carbonyl (C=O) groups is 2. The van der Waals surface area contributed by atoms with Crippen molar-refractivity contribution in [2.24, 2.45) is 0 Å². The first-order valence-electron chi connectivity index (χ1n) is 9.43. The fourth-order valence-electron chi connectivity index (χ4n) is 3.34. The first kappa shape index (κ1) is 19.4. The van der Waals surface area contributed by atoms with E-state index in [9.17, 15) is 14.7 Å². The van der Waals surface area contributed by atoms with E-state index in [1.54, 1.807) is 48.5 Å². The minimum Gasteiger partial charge on any atom is -0.491 e. The van der Waals surface area contributed by atoms with Gasteiger partial charge in [-0.2, -0.15) is 5.26 Å². The number of aliphatic hydroxyl groups excluding tert-OH is 1. The molecular weight excluding hydrogens is 380 g/mol. The molecule has 0 aliphatic carbocycles. The number of rotatable bonds is 6. The van der Waals surface area contributed by atoms with Gasteiger partial charge < -0.3 is 9.84 Å². The highest BCUT2D eigenvalue weighted by Crippen LogP contribution is 2.24. The summed E-state index contributed by atoms with van der Waals surface area (Å²) >= 11 is 0. The monoisotopic (exact) mass is 398 g/mol. The molecule has 3 aromatic rings. The van der Waals surface area contributed by atoms with Crippen molar-refractivity contribution in [2.75, 3.05) is 13.2 Å². The number of aliphatic hydroxyl groups is 1. The zero-order valence-electron chi connectivity index (χ0n) is 16.0. The Morgan fingerprint density at radius 3 is 1.93 bits per heavy atom. The van der Waals surface area contributed by atoms with Crippen LogP contribution in [0.1, 0.15) is 26.3 Å². The molecule has 0 fully saturated rings. The molecule has 1 atom stereocenters. The van der Waals surface area contributed by atoms with Crippen LogP contribution in [0.3, 0.4) is 0 Å². The molecule has 0 aromatic heterocycles. The van der Waals surface area contributed by atoms with Crippen LogP contribution in [0, 0.1) is 11.3 Å². The number of hydrogen-bond donors (Lipinski definition) is 1. The number of nitriles is 1. The van der Waals surface area contributed by atoms with E-state index < -0.39 is 17.9 Å². The third-order valence-electron chi connectivity index (χ3n) is 4.92. The van der Waals surface area contributed by atoms with Crippen molar-refractivity contribution >= 4 is 11.8 Å². The first-order valence-corrected chi connectivity index (χ1v) is 9.43. The summed E-state index contributed by atoms with van der Waals surface area (Å²) in [7, 11) is 0. The average Bonchev–Trinajstić information content (AvgIpc) is 3.03. The molecule has 1 unspecified atom stereocenters. The lowest BCUT2D eigenvalue weighted by atomic mass is 10.0. The summed E-state index contributed by atoms with van der Waals surface area (Å²) in [6, 6.07) is 23.3. The molecule has 0 radical (unpaired) electrons. The van der Waals surface area contributed by atoms with Gasteiger partial charge in [0.1, 0.15) is 18.5 Å². The Morgan fingerprint density at radius 1 is 0.867 bits per heavy atom.